The van der Waals surface area contributed by atoms with Crippen LogP contribution in [0.15, 0.2) is 18.2 Å². The van der Waals surface area contributed by atoms with Gasteiger partial charge in [0.2, 0.25) is 11.8 Å². The summed E-state index contributed by atoms with van der Waals surface area (Å²) in [5, 5.41) is 5.74. The SMILES string of the molecule is CCCC(C)NC(=O)C(c1cccc(C)c1C)N(C(=O)C(C)NC(=O)OC(C)(C)C)C(C)(C)C. The van der Waals surface area contributed by atoms with E-state index in [1.807, 2.05) is 59.7 Å². The number of hydrogen-bond acceptors (Lipinski definition) is 4. The van der Waals surface area contributed by atoms with Crippen molar-refractivity contribution >= 4 is 17.9 Å². The average molecular weight is 476 g/mol. The van der Waals surface area contributed by atoms with E-state index in [0.717, 1.165) is 29.5 Å². The second kappa shape index (κ2) is 11.7. The lowest BCUT2D eigenvalue weighted by molar-refractivity contribution is -0.148. The molecule has 3 atom stereocenters. The number of nitrogens with one attached hydrogen (secondary N) is 2. The zero-order valence-corrected chi connectivity index (χ0v) is 23.0. The number of alkyl carbamates (subject to hydrolysis) is 1. The Morgan fingerprint density at radius 2 is 1.59 bits per heavy atom. The summed E-state index contributed by atoms with van der Waals surface area (Å²) < 4.78 is 5.33. The van der Waals surface area contributed by atoms with Crippen LogP contribution in [-0.2, 0) is 14.3 Å². The van der Waals surface area contributed by atoms with Crippen molar-refractivity contribution in [3.63, 3.8) is 0 Å². The van der Waals surface area contributed by atoms with Crippen LogP contribution in [0.5, 0.6) is 0 Å². The molecule has 0 saturated carbocycles. The smallest absolute Gasteiger partial charge is 0.408 e. The second-order valence-electron chi connectivity index (χ2n) is 11.1. The monoisotopic (exact) mass is 475 g/mol. The maximum absolute atomic E-state index is 13.8. The molecule has 1 rings (SSSR count). The van der Waals surface area contributed by atoms with Crippen LogP contribution in [0.3, 0.4) is 0 Å². The second-order valence-corrected chi connectivity index (χ2v) is 11.1. The summed E-state index contributed by atoms with van der Waals surface area (Å²) in [6, 6.07) is 4.02. The highest BCUT2D eigenvalue weighted by Gasteiger charge is 2.41. The van der Waals surface area contributed by atoms with Crippen LogP contribution in [0.2, 0.25) is 0 Å². The number of rotatable bonds is 8. The molecule has 34 heavy (non-hydrogen) atoms. The van der Waals surface area contributed by atoms with E-state index in [0.29, 0.717) is 0 Å². The summed E-state index contributed by atoms with van der Waals surface area (Å²) in [5.41, 5.74) is 1.38. The van der Waals surface area contributed by atoms with Crippen LogP contribution in [0.4, 0.5) is 4.79 Å². The first kappa shape index (κ1) is 29.5. The number of carbonyl (C=O) groups is 3. The third kappa shape index (κ3) is 8.33. The zero-order valence-electron chi connectivity index (χ0n) is 23.0. The number of aryl methyl sites for hydroxylation is 1. The molecule has 0 radical (unpaired) electrons. The summed E-state index contributed by atoms with van der Waals surface area (Å²) >= 11 is 0. The molecule has 7 heteroatoms. The molecular weight excluding hydrogens is 430 g/mol. The van der Waals surface area contributed by atoms with Gasteiger partial charge in [0, 0.05) is 11.6 Å². The molecule has 3 amide bonds. The van der Waals surface area contributed by atoms with Gasteiger partial charge in [-0.15, -0.1) is 0 Å². The molecule has 3 unspecified atom stereocenters. The third-order valence-corrected chi connectivity index (χ3v) is 5.62. The molecule has 0 fully saturated rings. The lowest BCUT2D eigenvalue weighted by Crippen LogP contribution is -2.58. The third-order valence-electron chi connectivity index (χ3n) is 5.62. The first-order chi connectivity index (χ1) is 15.5. The molecular formula is C27H45N3O4. The van der Waals surface area contributed by atoms with Crippen LogP contribution in [-0.4, -0.2) is 46.0 Å². The van der Waals surface area contributed by atoms with E-state index in [9.17, 15) is 14.4 Å². The van der Waals surface area contributed by atoms with Crippen LogP contribution < -0.4 is 10.6 Å². The van der Waals surface area contributed by atoms with Crippen molar-refractivity contribution in [3.05, 3.63) is 34.9 Å². The number of nitrogens with zero attached hydrogens (tertiary/aromatic N) is 1. The van der Waals surface area contributed by atoms with Crippen LogP contribution in [0.1, 0.15) is 97.9 Å². The average Bonchev–Trinajstić information content (AvgIpc) is 2.65. The van der Waals surface area contributed by atoms with Gasteiger partial charge in [-0.2, -0.15) is 0 Å². The highest BCUT2D eigenvalue weighted by atomic mass is 16.6. The van der Waals surface area contributed by atoms with Crippen molar-refractivity contribution in [2.24, 2.45) is 0 Å². The lowest BCUT2D eigenvalue weighted by atomic mass is 9.91. The van der Waals surface area contributed by atoms with Crippen molar-refractivity contribution < 1.29 is 19.1 Å². The summed E-state index contributed by atoms with van der Waals surface area (Å²) in [4.78, 5) is 41.4. The van der Waals surface area contributed by atoms with Crippen LogP contribution in [0.25, 0.3) is 0 Å². The minimum Gasteiger partial charge on any atom is -0.444 e. The Hall–Kier alpha value is -2.57. The number of ether oxygens (including phenoxy) is 1. The fourth-order valence-electron chi connectivity index (χ4n) is 3.89. The Morgan fingerprint density at radius 3 is 2.09 bits per heavy atom. The van der Waals surface area contributed by atoms with E-state index in [4.69, 9.17) is 4.74 Å². The topological polar surface area (TPSA) is 87.7 Å². The maximum atomic E-state index is 13.8. The predicted octanol–water partition coefficient (Wildman–Crippen LogP) is 5.19. The fraction of sp³-hybridized carbons (Fsp3) is 0.667. The Morgan fingerprint density at radius 1 is 1.00 bits per heavy atom. The van der Waals surface area contributed by atoms with E-state index in [1.54, 1.807) is 32.6 Å². The minimum absolute atomic E-state index is 0.0284. The highest BCUT2D eigenvalue weighted by molar-refractivity contribution is 5.92. The van der Waals surface area contributed by atoms with Crippen molar-refractivity contribution in [2.75, 3.05) is 0 Å². The molecule has 192 valence electrons. The fourth-order valence-corrected chi connectivity index (χ4v) is 3.89. The molecule has 1 aromatic carbocycles. The number of amides is 3. The van der Waals surface area contributed by atoms with Gasteiger partial charge < -0.3 is 20.3 Å². The Labute approximate surface area is 206 Å². The summed E-state index contributed by atoms with van der Waals surface area (Å²) in [5.74, 6) is -0.593. The molecule has 2 N–H and O–H groups in total. The molecule has 7 nitrogen and oxygen atoms in total. The molecule has 0 aliphatic rings. The summed E-state index contributed by atoms with van der Waals surface area (Å²) in [7, 11) is 0. The Bertz CT molecular complexity index is 868. The van der Waals surface area contributed by atoms with Gasteiger partial charge in [0.15, 0.2) is 0 Å². The van der Waals surface area contributed by atoms with Crippen molar-refractivity contribution in [2.45, 2.75) is 118 Å². The quantitative estimate of drug-likeness (QED) is 0.542. The van der Waals surface area contributed by atoms with Crippen molar-refractivity contribution in [1.82, 2.24) is 15.5 Å². The van der Waals surface area contributed by atoms with Crippen LogP contribution in [0, 0.1) is 13.8 Å². The minimum atomic E-state index is -0.887. The lowest BCUT2D eigenvalue weighted by Gasteiger charge is -2.43. The maximum Gasteiger partial charge on any atom is 0.408 e. The molecule has 0 saturated heterocycles. The number of hydrogen-bond donors (Lipinski definition) is 2. The van der Waals surface area contributed by atoms with Crippen molar-refractivity contribution in [3.8, 4) is 0 Å². The normalized spacial score (nSPS) is 14.6. The standard InChI is InChI=1S/C27H45N3O4/c1-12-14-18(3)28-23(31)22(21-16-13-15-17(2)19(21)4)30(26(6,7)8)24(32)20(5)29-25(33)34-27(9,10)11/h13,15-16,18,20,22H,12,14H2,1-11H3,(H,28,31)(H,29,33). The van der Waals surface area contributed by atoms with Crippen LogP contribution >= 0.6 is 0 Å². The van der Waals surface area contributed by atoms with Gasteiger partial charge in [-0.05, 0) is 92.3 Å². The highest BCUT2D eigenvalue weighted by Crippen LogP contribution is 2.32. The predicted molar refractivity (Wildman–Crippen MR) is 137 cm³/mol. The molecule has 0 spiro atoms. The van der Waals surface area contributed by atoms with E-state index >= 15 is 0 Å². The van der Waals surface area contributed by atoms with E-state index in [-0.39, 0.29) is 17.9 Å². The van der Waals surface area contributed by atoms with E-state index in [1.165, 1.54) is 0 Å². The largest absolute Gasteiger partial charge is 0.444 e. The zero-order chi connectivity index (χ0) is 26.4. The van der Waals surface area contributed by atoms with Gasteiger partial charge in [0.1, 0.15) is 17.7 Å². The number of carbonyl (C=O) groups excluding carboxylic acids is 3. The molecule has 0 bridgehead atoms. The van der Waals surface area contributed by atoms with Gasteiger partial charge in [-0.25, -0.2) is 4.79 Å². The molecule has 1 aromatic rings. The van der Waals surface area contributed by atoms with Gasteiger partial charge >= 0.3 is 6.09 Å². The van der Waals surface area contributed by atoms with Gasteiger partial charge in [-0.3, -0.25) is 9.59 Å². The summed E-state index contributed by atoms with van der Waals surface area (Å²) in [6.45, 7) is 20.6. The molecule has 0 aromatic heterocycles. The Balaban J connectivity index is 3.49. The summed E-state index contributed by atoms with van der Waals surface area (Å²) in [6.07, 6.45) is 1.10. The van der Waals surface area contributed by atoms with E-state index in [2.05, 4.69) is 17.6 Å². The van der Waals surface area contributed by atoms with Gasteiger partial charge in [0.25, 0.3) is 0 Å². The first-order valence-corrected chi connectivity index (χ1v) is 12.2. The number of benzene rings is 1. The molecule has 0 heterocycles. The van der Waals surface area contributed by atoms with E-state index < -0.39 is 29.3 Å². The Kier molecular flexibility index (Phi) is 10.2. The first-order valence-electron chi connectivity index (χ1n) is 12.2. The van der Waals surface area contributed by atoms with Gasteiger partial charge in [0.05, 0.1) is 0 Å². The van der Waals surface area contributed by atoms with Gasteiger partial charge in [-0.1, -0.05) is 31.5 Å². The molecule has 0 aliphatic carbocycles. The van der Waals surface area contributed by atoms with Crippen molar-refractivity contribution in [1.29, 1.82) is 0 Å². The molecule has 0 aliphatic heterocycles.